The molecule has 74 valence electrons. The van der Waals surface area contributed by atoms with Crippen LogP contribution in [0.4, 0.5) is 0 Å². The van der Waals surface area contributed by atoms with Crippen molar-refractivity contribution in [2.75, 3.05) is 0 Å². The molecular formula is C10H18N2S. The molecule has 0 aliphatic heterocycles. The van der Waals surface area contributed by atoms with E-state index in [9.17, 15) is 0 Å². The van der Waals surface area contributed by atoms with Crippen LogP contribution in [0.2, 0.25) is 0 Å². The van der Waals surface area contributed by atoms with Crippen LogP contribution in [-0.2, 0) is 6.54 Å². The summed E-state index contributed by atoms with van der Waals surface area (Å²) in [7, 11) is 0. The van der Waals surface area contributed by atoms with Gasteiger partial charge in [-0.05, 0) is 13.3 Å². The van der Waals surface area contributed by atoms with Crippen LogP contribution in [0.3, 0.4) is 0 Å². The molecule has 2 nitrogen and oxygen atoms in total. The minimum atomic E-state index is 0.613. The van der Waals surface area contributed by atoms with Gasteiger partial charge in [-0.15, -0.1) is 11.3 Å². The van der Waals surface area contributed by atoms with Crippen LogP contribution in [0.5, 0.6) is 0 Å². The van der Waals surface area contributed by atoms with E-state index in [2.05, 4.69) is 29.5 Å². The molecule has 0 radical (unpaired) electrons. The average molecular weight is 198 g/mol. The van der Waals surface area contributed by atoms with Crippen molar-refractivity contribution >= 4 is 11.3 Å². The zero-order valence-corrected chi connectivity index (χ0v) is 9.23. The third-order valence-corrected chi connectivity index (χ3v) is 2.74. The third kappa shape index (κ3) is 4.39. The summed E-state index contributed by atoms with van der Waals surface area (Å²) in [4.78, 5) is 4.22. The molecule has 0 bridgehead atoms. The number of hydrogen-bond donors (Lipinski definition) is 1. The van der Waals surface area contributed by atoms with Crippen molar-refractivity contribution in [3.05, 3.63) is 16.6 Å². The Morgan fingerprint density at radius 3 is 3.08 bits per heavy atom. The molecule has 1 unspecified atom stereocenters. The van der Waals surface area contributed by atoms with Crippen molar-refractivity contribution in [3.8, 4) is 0 Å². The monoisotopic (exact) mass is 198 g/mol. The van der Waals surface area contributed by atoms with Crippen LogP contribution in [0, 0.1) is 0 Å². The number of nitrogens with one attached hydrogen (secondary N) is 1. The van der Waals surface area contributed by atoms with E-state index in [-0.39, 0.29) is 0 Å². The first-order valence-corrected chi connectivity index (χ1v) is 5.87. The zero-order valence-electron chi connectivity index (χ0n) is 8.42. The highest BCUT2D eigenvalue weighted by atomic mass is 32.1. The van der Waals surface area contributed by atoms with Gasteiger partial charge in [0.2, 0.25) is 0 Å². The maximum absolute atomic E-state index is 4.22. The third-order valence-electron chi connectivity index (χ3n) is 2.11. The Labute approximate surface area is 84.4 Å². The molecule has 1 aromatic heterocycles. The van der Waals surface area contributed by atoms with Crippen LogP contribution in [0.15, 0.2) is 10.9 Å². The number of thiazole rings is 1. The summed E-state index contributed by atoms with van der Waals surface area (Å²) in [6, 6.07) is 0.613. The van der Waals surface area contributed by atoms with Gasteiger partial charge in [-0.25, -0.2) is 4.98 Å². The lowest BCUT2D eigenvalue weighted by Crippen LogP contribution is -2.25. The number of rotatable bonds is 6. The van der Waals surface area contributed by atoms with Crippen molar-refractivity contribution in [2.45, 2.75) is 45.7 Å². The minimum absolute atomic E-state index is 0.613. The highest BCUT2D eigenvalue weighted by Gasteiger charge is 2.00. The van der Waals surface area contributed by atoms with Gasteiger partial charge in [0, 0.05) is 18.0 Å². The number of unbranched alkanes of at least 4 members (excludes halogenated alkanes) is 1. The van der Waals surface area contributed by atoms with Crippen molar-refractivity contribution in [3.63, 3.8) is 0 Å². The maximum atomic E-state index is 4.22. The molecule has 0 saturated carbocycles. The lowest BCUT2D eigenvalue weighted by Gasteiger charge is -2.11. The SMILES string of the molecule is CCCCC(C)NCc1cscn1. The van der Waals surface area contributed by atoms with Crippen molar-refractivity contribution in [1.29, 1.82) is 0 Å². The van der Waals surface area contributed by atoms with Gasteiger partial charge in [-0.3, -0.25) is 0 Å². The molecule has 13 heavy (non-hydrogen) atoms. The first-order chi connectivity index (χ1) is 6.33. The highest BCUT2D eigenvalue weighted by Crippen LogP contribution is 2.03. The lowest BCUT2D eigenvalue weighted by molar-refractivity contribution is 0.492. The quantitative estimate of drug-likeness (QED) is 0.760. The van der Waals surface area contributed by atoms with Crippen LogP contribution in [0.1, 0.15) is 38.8 Å². The second-order valence-corrected chi connectivity index (χ2v) is 4.12. The number of hydrogen-bond acceptors (Lipinski definition) is 3. The predicted molar refractivity (Wildman–Crippen MR) is 57.9 cm³/mol. The lowest BCUT2D eigenvalue weighted by atomic mass is 10.1. The molecule has 0 fully saturated rings. The maximum Gasteiger partial charge on any atom is 0.0795 e. The van der Waals surface area contributed by atoms with E-state index in [4.69, 9.17) is 0 Å². The number of nitrogens with zero attached hydrogens (tertiary/aromatic N) is 1. The van der Waals surface area contributed by atoms with Crippen molar-refractivity contribution in [2.24, 2.45) is 0 Å². The Hall–Kier alpha value is -0.410. The normalized spacial score (nSPS) is 13.1. The molecule has 0 aliphatic carbocycles. The smallest absolute Gasteiger partial charge is 0.0795 e. The van der Waals surface area contributed by atoms with Gasteiger partial charge in [-0.2, -0.15) is 0 Å². The van der Waals surface area contributed by atoms with Crippen LogP contribution in [0.25, 0.3) is 0 Å². The average Bonchev–Trinajstić information content (AvgIpc) is 2.64. The molecule has 0 amide bonds. The topological polar surface area (TPSA) is 24.9 Å². The standard InChI is InChI=1S/C10H18N2S/c1-3-4-5-9(2)11-6-10-7-13-8-12-10/h7-9,11H,3-6H2,1-2H3. The summed E-state index contributed by atoms with van der Waals surface area (Å²) in [6.07, 6.45) is 3.86. The first-order valence-electron chi connectivity index (χ1n) is 4.93. The van der Waals surface area contributed by atoms with E-state index in [0.717, 1.165) is 12.2 Å². The van der Waals surface area contributed by atoms with Crippen molar-refractivity contribution < 1.29 is 0 Å². The van der Waals surface area contributed by atoms with E-state index in [0.29, 0.717) is 6.04 Å². The summed E-state index contributed by atoms with van der Waals surface area (Å²) in [5.74, 6) is 0. The second-order valence-electron chi connectivity index (χ2n) is 3.40. The zero-order chi connectivity index (χ0) is 9.52. The van der Waals surface area contributed by atoms with Crippen molar-refractivity contribution in [1.82, 2.24) is 10.3 Å². The molecule has 0 saturated heterocycles. The van der Waals surface area contributed by atoms with E-state index in [1.807, 2.05) is 5.51 Å². The molecule has 3 heteroatoms. The molecule has 0 aromatic carbocycles. The number of aromatic nitrogens is 1. The van der Waals surface area contributed by atoms with Gasteiger partial charge in [0.1, 0.15) is 0 Å². The van der Waals surface area contributed by atoms with E-state index >= 15 is 0 Å². The fourth-order valence-electron chi connectivity index (χ4n) is 1.22. The second kappa shape index (κ2) is 6.11. The van der Waals surface area contributed by atoms with Gasteiger partial charge < -0.3 is 5.32 Å². The highest BCUT2D eigenvalue weighted by molar-refractivity contribution is 7.07. The van der Waals surface area contributed by atoms with E-state index in [1.54, 1.807) is 11.3 Å². The summed E-state index contributed by atoms with van der Waals surface area (Å²) < 4.78 is 0. The minimum Gasteiger partial charge on any atom is -0.309 e. The van der Waals surface area contributed by atoms with Gasteiger partial charge in [0.05, 0.1) is 11.2 Å². The molecule has 0 spiro atoms. The molecular weight excluding hydrogens is 180 g/mol. The fraction of sp³-hybridized carbons (Fsp3) is 0.700. The Kier molecular flexibility index (Phi) is 5.01. The molecule has 1 N–H and O–H groups in total. The summed E-state index contributed by atoms with van der Waals surface area (Å²) in [5.41, 5.74) is 3.04. The molecule has 1 aromatic rings. The molecule has 0 aliphatic rings. The van der Waals surface area contributed by atoms with Crippen LogP contribution in [-0.4, -0.2) is 11.0 Å². The Morgan fingerprint density at radius 1 is 1.62 bits per heavy atom. The first kappa shape index (κ1) is 10.7. The Morgan fingerprint density at radius 2 is 2.46 bits per heavy atom. The Balaban J connectivity index is 2.11. The predicted octanol–water partition coefficient (Wildman–Crippen LogP) is 2.81. The summed E-state index contributed by atoms with van der Waals surface area (Å²) >= 11 is 1.66. The molecule has 1 atom stereocenters. The van der Waals surface area contributed by atoms with Gasteiger partial charge >= 0.3 is 0 Å². The fourth-order valence-corrected chi connectivity index (χ4v) is 1.77. The molecule has 1 heterocycles. The van der Waals surface area contributed by atoms with Crippen LogP contribution >= 0.6 is 11.3 Å². The van der Waals surface area contributed by atoms with Crippen LogP contribution < -0.4 is 5.32 Å². The van der Waals surface area contributed by atoms with E-state index < -0.39 is 0 Å². The van der Waals surface area contributed by atoms with Gasteiger partial charge in [0.25, 0.3) is 0 Å². The van der Waals surface area contributed by atoms with Gasteiger partial charge in [-0.1, -0.05) is 19.8 Å². The Bertz CT molecular complexity index is 209. The molecule has 1 rings (SSSR count). The van der Waals surface area contributed by atoms with E-state index in [1.165, 1.54) is 19.3 Å². The summed E-state index contributed by atoms with van der Waals surface area (Å²) in [6.45, 7) is 5.38. The van der Waals surface area contributed by atoms with Gasteiger partial charge in [0.15, 0.2) is 0 Å². The largest absolute Gasteiger partial charge is 0.309 e. The summed E-state index contributed by atoms with van der Waals surface area (Å²) in [5, 5.41) is 5.56.